The first-order chi connectivity index (χ1) is 6.83. The van der Waals surface area contributed by atoms with Gasteiger partial charge in [0.25, 0.3) is 0 Å². The van der Waals surface area contributed by atoms with Crippen LogP contribution < -0.4 is 4.74 Å². The molecule has 2 rings (SSSR count). The Hall–Kier alpha value is -1.76. The normalized spacial score (nSPS) is 14.4. The van der Waals surface area contributed by atoms with Crippen LogP contribution in [0.15, 0.2) is 54.6 Å². The molecule has 0 aliphatic heterocycles. The highest BCUT2D eigenvalue weighted by atomic mass is 16.5. The molecule has 1 aliphatic carbocycles. The minimum Gasteiger partial charge on any atom is -0.496 e. The molecule has 1 aromatic rings. The maximum absolute atomic E-state index is 5.30. The monoisotopic (exact) mass is 184 g/mol. The Labute approximate surface area is 84.0 Å². The molecule has 0 saturated heterocycles. The van der Waals surface area contributed by atoms with Crippen LogP contribution in [0.25, 0.3) is 5.57 Å². The van der Waals surface area contributed by atoms with Gasteiger partial charge >= 0.3 is 0 Å². The second-order valence-electron chi connectivity index (χ2n) is 3.16. The van der Waals surface area contributed by atoms with Crippen molar-refractivity contribution >= 4 is 5.57 Å². The first-order valence-electron chi connectivity index (χ1n) is 4.54. The summed E-state index contributed by atoms with van der Waals surface area (Å²) in [6, 6.07) is 7.98. The molecule has 0 radical (unpaired) electrons. The average molecular weight is 184 g/mol. The van der Waals surface area contributed by atoms with Gasteiger partial charge in [0.2, 0.25) is 0 Å². The van der Waals surface area contributed by atoms with Crippen molar-refractivity contribution in [1.82, 2.24) is 0 Å². The standard InChI is InChI=1S/C13H12O/c1-10-6-5-8-11(10)12-7-3-4-9-13(12)14-2/h3-9H,1H2,2H3. The van der Waals surface area contributed by atoms with Crippen molar-refractivity contribution in [2.24, 2.45) is 0 Å². The van der Waals surface area contributed by atoms with E-state index in [1.807, 2.05) is 36.4 Å². The van der Waals surface area contributed by atoms with Gasteiger partial charge in [0.1, 0.15) is 5.75 Å². The molecule has 0 heterocycles. The molecule has 0 unspecified atom stereocenters. The molecule has 0 aromatic heterocycles. The number of rotatable bonds is 2. The van der Waals surface area contributed by atoms with E-state index in [2.05, 4.69) is 12.7 Å². The molecule has 0 fully saturated rings. The summed E-state index contributed by atoms with van der Waals surface area (Å²) in [4.78, 5) is 0. The summed E-state index contributed by atoms with van der Waals surface area (Å²) in [5.41, 5.74) is 3.28. The van der Waals surface area contributed by atoms with Crippen LogP contribution in [0.2, 0.25) is 0 Å². The van der Waals surface area contributed by atoms with Gasteiger partial charge in [-0.15, -0.1) is 0 Å². The second-order valence-corrected chi connectivity index (χ2v) is 3.16. The predicted molar refractivity (Wildman–Crippen MR) is 59.3 cm³/mol. The number of hydrogen-bond donors (Lipinski definition) is 0. The number of ether oxygens (including phenoxy) is 1. The van der Waals surface area contributed by atoms with E-state index in [1.165, 1.54) is 0 Å². The smallest absolute Gasteiger partial charge is 0.126 e. The third-order valence-electron chi connectivity index (χ3n) is 2.30. The lowest BCUT2D eigenvalue weighted by Gasteiger charge is -2.09. The maximum Gasteiger partial charge on any atom is 0.126 e. The van der Waals surface area contributed by atoms with Crippen LogP contribution in [0.1, 0.15) is 5.56 Å². The summed E-state index contributed by atoms with van der Waals surface area (Å²) in [6.07, 6.45) is 6.06. The van der Waals surface area contributed by atoms with Gasteiger partial charge < -0.3 is 4.74 Å². The lowest BCUT2D eigenvalue weighted by molar-refractivity contribution is 0.413. The molecule has 0 saturated carbocycles. The second kappa shape index (κ2) is 3.54. The van der Waals surface area contributed by atoms with Crippen LogP contribution in [0.5, 0.6) is 5.75 Å². The zero-order valence-corrected chi connectivity index (χ0v) is 8.16. The van der Waals surface area contributed by atoms with E-state index in [9.17, 15) is 0 Å². The Bertz CT molecular complexity index is 425. The molecule has 1 nitrogen and oxygen atoms in total. The van der Waals surface area contributed by atoms with Crippen molar-refractivity contribution in [3.63, 3.8) is 0 Å². The highest BCUT2D eigenvalue weighted by Crippen LogP contribution is 2.33. The molecule has 1 heteroatoms. The van der Waals surface area contributed by atoms with E-state index >= 15 is 0 Å². The van der Waals surface area contributed by atoms with Crippen LogP contribution in [0.3, 0.4) is 0 Å². The Morgan fingerprint density at radius 1 is 1.21 bits per heavy atom. The fourth-order valence-electron chi connectivity index (χ4n) is 1.59. The van der Waals surface area contributed by atoms with Crippen molar-refractivity contribution in [2.75, 3.05) is 7.11 Å². The van der Waals surface area contributed by atoms with Gasteiger partial charge in [-0.2, -0.15) is 0 Å². The van der Waals surface area contributed by atoms with Crippen LogP contribution in [0, 0.1) is 0 Å². The van der Waals surface area contributed by atoms with E-state index in [1.54, 1.807) is 7.11 Å². The molecular weight excluding hydrogens is 172 g/mol. The van der Waals surface area contributed by atoms with Crippen LogP contribution in [-0.2, 0) is 0 Å². The highest BCUT2D eigenvalue weighted by Gasteiger charge is 2.11. The summed E-state index contributed by atoms with van der Waals surface area (Å²) in [6.45, 7) is 3.98. The summed E-state index contributed by atoms with van der Waals surface area (Å²) in [5.74, 6) is 0.892. The Morgan fingerprint density at radius 2 is 2.00 bits per heavy atom. The van der Waals surface area contributed by atoms with Gasteiger partial charge in [-0.25, -0.2) is 0 Å². The predicted octanol–water partition coefficient (Wildman–Crippen LogP) is 3.20. The topological polar surface area (TPSA) is 9.23 Å². The summed E-state index contributed by atoms with van der Waals surface area (Å²) in [5, 5.41) is 0. The third-order valence-corrected chi connectivity index (χ3v) is 2.30. The highest BCUT2D eigenvalue weighted by molar-refractivity contribution is 5.87. The van der Waals surface area contributed by atoms with Gasteiger partial charge in [-0.05, 0) is 17.2 Å². The van der Waals surface area contributed by atoms with Crippen LogP contribution >= 0.6 is 0 Å². The van der Waals surface area contributed by atoms with E-state index < -0.39 is 0 Å². The fraction of sp³-hybridized carbons (Fsp3) is 0.0769. The molecule has 0 atom stereocenters. The van der Waals surface area contributed by atoms with Crippen LogP contribution in [-0.4, -0.2) is 7.11 Å². The molecule has 0 spiro atoms. The van der Waals surface area contributed by atoms with E-state index in [0.717, 1.165) is 22.5 Å². The van der Waals surface area contributed by atoms with Crippen molar-refractivity contribution in [1.29, 1.82) is 0 Å². The minimum atomic E-state index is 0.892. The molecular formula is C13H12O. The summed E-state index contributed by atoms with van der Waals surface area (Å²) in [7, 11) is 1.69. The molecule has 1 aliphatic rings. The number of methoxy groups -OCH3 is 1. The van der Waals surface area contributed by atoms with Crippen molar-refractivity contribution in [3.8, 4) is 5.75 Å². The number of benzene rings is 1. The maximum atomic E-state index is 5.30. The van der Waals surface area contributed by atoms with Crippen molar-refractivity contribution in [2.45, 2.75) is 0 Å². The zero-order chi connectivity index (χ0) is 9.97. The molecule has 0 amide bonds. The largest absolute Gasteiger partial charge is 0.496 e. The van der Waals surface area contributed by atoms with Gasteiger partial charge in [0.15, 0.2) is 0 Å². The van der Waals surface area contributed by atoms with Crippen molar-refractivity contribution < 1.29 is 4.74 Å². The third kappa shape index (κ3) is 1.37. The lowest BCUT2D eigenvalue weighted by Crippen LogP contribution is -1.90. The van der Waals surface area contributed by atoms with Crippen LogP contribution in [0.4, 0.5) is 0 Å². The molecule has 0 bridgehead atoms. The number of para-hydroxylation sites is 1. The number of allylic oxidation sites excluding steroid dienone is 5. The van der Waals surface area contributed by atoms with Gasteiger partial charge in [-0.3, -0.25) is 0 Å². The minimum absolute atomic E-state index is 0.892. The molecule has 14 heavy (non-hydrogen) atoms. The lowest BCUT2D eigenvalue weighted by atomic mass is 10.0. The Balaban J connectivity index is 2.47. The Morgan fingerprint density at radius 3 is 2.64 bits per heavy atom. The first kappa shape index (κ1) is 8.82. The molecule has 0 N–H and O–H groups in total. The molecule has 70 valence electrons. The zero-order valence-electron chi connectivity index (χ0n) is 8.16. The summed E-state index contributed by atoms with van der Waals surface area (Å²) < 4.78 is 5.30. The van der Waals surface area contributed by atoms with Gasteiger partial charge in [-0.1, -0.05) is 43.0 Å². The van der Waals surface area contributed by atoms with E-state index in [-0.39, 0.29) is 0 Å². The quantitative estimate of drug-likeness (QED) is 0.685. The first-order valence-corrected chi connectivity index (χ1v) is 4.54. The van der Waals surface area contributed by atoms with E-state index in [4.69, 9.17) is 4.74 Å². The average Bonchev–Trinajstić information content (AvgIpc) is 2.64. The number of hydrogen-bond acceptors (Lipinski definition) is 1. The van der Waals surface area contributed by atoms with Gasteiger partial charge in [0, 0.05) is 5.56 Å². The Kier molecular flexibility index (Phi) is 2.23. The summed E-state index contributed by atoms with van der Waals surface area (Å²) >= 11 is 0. The van der Waals surface area contributed by atoms with Crippen molar-refractivity contribution in [3.05, 3.63) is 60.2 Å². The van der Waals surface area contributed by atoms with Gasteiger partial charge in [0.05, 0.1) is 7.11 Å². The fourth-order valence-corrected chi connectivity index (χ4v) is 1.59. The van der Waals surface area contributed by atoms with E-state index in [0.29, 0.717) is 0 Å². The SMILES string of the molecule is C=C1C=CC=C1c1ccccc1OC. The molecule has 1 aromatic carbocycles.